The van der Waals surface area contributed by atoms with Crippen molar-refractivity contribution in [2.75, 3.05) is 17.4 Å². The summed E-state index contributed by atoms with van der Waals surface area (Å²) in [5.41, 5.74) is 0.760. The SMILES string of the molecule is CCNC(=O)[C@@H](C)N(Cc1ccccc1Cl)C(=O)CN(c1ccc(Cl)c(Cl)c1)S(=O)(=O)c1ccccc1. The van der Waals surface area contributed by atoms with Crippen LogP contribution in [0.1, 0.15) is 19.4 Å². The maximum atomic E-state index is 13.8. The van der Waals surface area contributed by atoms with Gasteiger partial charge in [-0.15, -0.1) is 0 Å². The minimum Gasteiger partial charge on any atom is -0.355 e. The third kappa shape index (κ3) is 6.96. The predicted octanol–water partition coefficient (Wildman–Crippen LogP) is 5.40. The molecule has 1 N–H and O–H groups in total. The van der Waals surface area contributed by atoms with E-state index in [4.69, 9.17) is 34.8 Å². The van der Waals surface area contributed by atoms with Crippen molar-refractivity contribution in [2.24, 2.45) is 0 Å². The van der Waals surface area contributed by atoms with Gasteiger partial charge in [0.25, 0.3) is 10.0 Å². The lowest BCUT2D eigenvalue weighted by atomic mass is 10.1. The molecule has 7 nitrogen and oxygen atoms in total. The summed E-state index contributed by atoms with van der Waals surface area (Å²) in [6, 6.07) is 18.1. The number of likely N-dealkylation sites (N-methyl/N-ethyl adjacent to an activating group) is 1. The number of amides is 2. The van der Waals surface area contributed by atoms with E-state index >= 15 is 0 Å². The predicted molar refractivity (Wildman–Crippen MR) is 148 cm³/mol. The van der Waals surface area contributed by atoms with Gasteiger partial charge >= 0.3 is 0 Å². The van der Waals surface area contributed by atoms with E-state index in [0.717, 1.165) is 4.31 Å². The van der Waals surface area contributed by atoms with Crippen LogP contribution in [0.2, 0.25) is 15.1 Å². The molecule has 0 spiro atoms. The molecule has 0 aliphatic rings. The topological polar surface area (TPSA) is 86.8 Å². The highest BCUT2D eigenvalue weighted by Crippen LogP contribution is 2.31. The molecule has 0 saturated carbocycles. The fourth-order valence-corrected chi connectivity index (χ4v) is 5.52. The number of nitrogens with zero attached hydrogens (tertiary/aromatic N) is 2. The summed E-state index contributed by atoms with van der Waals surface area (Å²) in [7, 11) is -4.19. The molecule has 11 heteroatoms. The molecule has 1 atom stereocenters. The number of sulfonamides is 1. The normalized spacial score (nSPS) is 12.0. The smallest absolute Gasteiger partial charge is 0.264 e. The Hall–Kier alpha value is -2.78. The lowest BCUT2D eigenvalue weighted by molar-refractivity contribution is -0.139. The Morgan fingerprint density at radius 3 is 2.16 bits per heavy atom. The Morgan fingerprint density at radius 2 is 1.54 bits per heavy atom. The molecule has 0 radical (unpaired) electrons. The van der Waals surface area contributed by atoms with E-state index in [1.165, 1.54) is 35.2 Å². The molecule has 0 aliphatic carbocycles. The summed E-state index contributed by atoms with van der Waals surface area (Å²) in [5, 5.41) is 3.49. The number of carbonyl (C=O) groups is 2. The monoisotopic (exact) mass is 581 g/mol. The maximum absolute atomic E-state index is 13.8. The summed E-state index contributed by atoms with van der Waals surface area (Å²) >= 11 is 18.6. The van der Waals surface area contributed by atoms with Crippen LogP contribution < -0.4 is 9.62 Å². The third-order valence-corrected chi connectivity index (χ3v) is 8.51. The van der Waals surface area contributed by atoms with Gasteiger partial charge < -0.3 is 10.2 Å². The minimum absolute atomic E-state index is 0.00257. The van der Waals surface area contributed by atoms with Gasteiger partial charge in [0, 0.05) is 18.1 Å². The molecule has 0 heterocycles. The van der Waals surface area contributed by atoms with Crippen molar-refractivity contribution in [3.05, 3.63) is 93.4 Å². The van der Waals surface area contributed by atoms with Crippen molar-refractivity contribution >= 4 is 62.3 Å². The Balaban J connectivity index is 2.05. The number of hydrogen-bond acceptors (Lipinski definition) is 4. The van der Waals surface area contributed by atoms with Crippen molar-refractivity contribution in [3.8, 4) is 0 Å². The van der Waals surface area contributed by atoms with Gasteiger partial charge in [-0.05, 0) is 55.8 Å². The van der Waals surface area contributed by atoms with E-state index in [1.54, 1.807) is 56.3 Å². The zero-order valence-electron chi connectivity index (χ0n) is 20.2. The Bertz CT molecular complexity index is 1370. The average molecular weight is 583 g/mol. The summed E-state index contributed by atoms with van der Waals surface area (Å²) in [6.07, 6.45) is 0. The van der Waals surface area contributed by atoms with E-state index < -0.39 is 28.5 Å². The molecule has 0 unspecified atom stereocenters. The molecule has 0 fully saturated rings. The summed E-state index contributed by atoms with van der Waals surface area (Å²) < 4.78 is 28.3. The second kappa shape index (κ2) is 12.6. The first-order chi connectivity index (χ1) is 17.6. The van der Waals surface area contributed by atoms with Gasteiger partial charge in [-0.3, -0.25) is 13.9 Å². The average Bonchev–Trinajstić information content (AvgIpc) is 2.88. The number of carbonyl (C=O) groups excluding carboxylic acids is 2. The van der Waals surface area contributed by atoms with Crippen LogP contribution in [0.5, 0.6) is 0 Å². The van der Waals surface area contributed by atoms with Gasteiger partial charge in [0.05, 0.1) is 20.6 Å². The second-order valence-corrected chi connectivity index (χ2v) is 11.2. The van der Waals surface area contributed by atoms with Crippen molar-refractivity contribution in [2.45, 2.75) is 31.3 Å². The Morgan fingerprint density at radius 1 is 0.892 bits per heavy atom. The molecule has 0 aromatic heterocycles. The first-order valence-corrected chi connectivity index (χ1v) is 14.0. The minimum atomic E-state index is -4.19. The van der Waals surface area contributed by atoms with Crippen molar-refractivity contribution in [1.29, 1.82) is 0 Å². The van der Waals surface area contributed by atoms with Crippen LogP contribution in [-0.2, 0) is 26.2 Å². The van der Waals surface area contributed by atoms with E-state index in [1.807, 2.05) is 0 Å². The Labute approximate surface area is 232 Å². The van der Waals surface area contributed by atoms with E-state index in [-0.39, 0.29) is 33.1 Å². The van der Waals surface area contributed by atoms with Crippen LogP contribution >= 0.6 is 34.8 Å². The lowest BCUT2D eigenvalue weighted by Gasteiger charge is -2.32. The molecule has 3 rings (SSSR count). The highest BCUT2D eigenvalue weighted by molar-refractivity contribution is 7.92. The molecule has 0 saturated heterocycles. The zero-order valence-corrected chi connectivity index (χ0v) is 23.3. The summed E-state index contributed by atoms with van der Waals surface area (Å²) in [5.74, 6) is -0.987. The highest BCUT2D eigenvalue weighted by atomic mass is 35.5. The largest absolute Gasteiger partial charge is 0.355 e. The van der Waals surface area contributed by atoms with E-state index in [0.29, 0.717) is 17.1 Å². The fourth-order valence-electron chi connectivity index (χ4n) is 3.60. The molecule has 3 aromatic rings. The van der Waals surface area contributed by atoms with Gasteiger partial charge in [0.15, 0.2) is 0 Å². The van der Waals surface area contributed by atoms with Crippen LogP contribution in [0, 0.1) is 0 Å². The van der Waals surface area contributed by atoms with Crippen LogP contribution in [-0.4, -0.2) is 44.3 Å². The highest BCUT2D eigenvalue weighted by Gasteiger charge is 2.32. The van der Waals surface area contributed by atoms with Gasteiger partial charge in [0.1, 0.15) is 12.6 Å². The summed E-state index contributed by atoms with van der Waals surface area (Å²) in [6.45, 7) is 3.12. The summed E-state index contributed by atoms with van der Waals surface area (Å²) in [4.78, 5) is 27.8. The fraction of sp³-hybridized carbons (Fsp3) is 0.231. The standard InChI is InChI=1S/C26H26Cl3N3O4S/c1-3-30-26(34)18(2)31(16-19-9-7-8-12-22(19)27)25(33)17-32(20-13-14-23(28)24(29)15-20)37(35,36)21-10-5-4-6-11-21/h4-15,18H,3,16-17H2,1-2H3,(H,30,34)/t18-/m1/s1. The molecule has 0 bridgehead atoms. The van der Waals surface area contributed by atoms with Crippen molar-refractivity contribution < 1.29 is 18.0 Å². The molecule has 37 heavy (non-hydrogen) atoms. The van der Waals surface area contributed by atoms with Crippen LogP contribution in [0.25, 0.3) is 0 Å². The number of hydrogen-bond donors (Lipinski definition) is 1. The number of nitrogens with one attached hydrogen (secondary N) is 1. The molecule has 3 aromatic carbocycles. The van der Waals surface area contributed by atoms with Crippen molar-refractivity contribution in [3.63, 3.8) is 0 Å². The number of anilines is 1. The molecule has 0 aliphatic heterocycles. The number of benzene rings is 3. The third-order valence-electron chi connectivity index (χ3n) is 5.62. The van der Waals surface area contributed by atoms with Gasteiger partial charge in [-0.2, -0.15) is 0 Å². The van der Waals surface area contributed by atoms with Crippen molar-refractivity contribution in [1.82, 2.24) is 10.2 Å². The first kappa shape index (κ1) is 28.8. The van der Waals surface area contributed by atoms with E-state index in [9.17, 15) is 18.0 Å². The zero-order chi connectivity index (χ0) is 27.2. The lowest BCUT2D eigenvalue weighted by Crippen LogP contribution is -2.51. The second-order valence-electron chi connectivity index (χ2n) is 8.11. The maximum Gasteiger partial charge on any atom is 0.264 e. The van der Waals surface area contributed by atoms with Gasteiger partial charge in [-0.25, -0.2) is 8.42 Å². The Kier molecular flexibility index (Phi) is 9.84. The van der Waals surface area contributed by atoms with Crippen LogP contribution in [0.3, 0.4) is 0 Å². The van der Waals surface area contributed by atoms with Crippen LogP contribution in [0.15, 0.2) is 77.7 Å². The van der Waals surface area contributed by atoms with E-state index in [2.05, 4.69) is 5.32 Å². The molecular formula is C26H26Cl3N3O4S. The quantitative estimate of drug-likeness (QED) is 0.347. The molecule has 196 valence electrons. The van der Waals surface area contributed by atoms with Crippen LogP contribution in [0.4, 0.5) is 5.69 Å². The van der Waals surface area contributed by atoms with Gasteiger partial charge in [-0.1, -0.05) is 71.2 Å². The first-order valence-electron chi connectivity index (χ1n) is 11.4. The molecular weight excluding hydrogens is 557 g/mol. The number of rotatable bonds is 10. The van der Waals surface area contributed by atoms with Gasteiger partial charge in [0.2, 0.25) is 11.8 Å². The number of halogens is 3. The molecule has 2 amide bonds.